The largest absolute Gasteiger partial charge is 0.449 e. The third-order valence-electron chi connectivity index (χ3n) is 11.5. The van der Waals surface area contributed by atoms with Gasteiger partial charge in [-0.05, 0) is 119 Å². The van der Waals surface area contributed by atoms with Crippen LogP contribution in [0.2, 0.25) is 0 Å². The molecule has 0 saturated carbocycles. The van der Waals surface area contributed by atoms with Crippen molar-refractivity contribution < 1.29 is 9.47 Å². The molecule has 0 bridgehead atoms. The first-order valence-corrected chi connectivity index (χ1v) is 18.0. The van der Waals surface area contributed by atoms with Crippen molar-refractivity contribution >= 4 is 11.4 Å². The highest BCUT2D eigenvalue weighted by molar-refractivity contribution is 5.97. The van der Waals surface area contributed by atoms with Gasteiger partial charge in [0.15, 0.2) is 23.0 Å². The summed E-state index contributed by atoms with van der Waals surface area (Å²) >= 11 is 0. The molecule has 1 aliphatic heterocycles. The molecule has 0 unspecified atom stereocenters. The molecule has 250 valence electrons. The predicted molar refractivity (Wildman–Crippen MR) is 212 cm³/mol. The standard InChI is InChI=1S/C49H37NO2/c1-5-31(3)50(34-23-21-33(22-24-34)36-17-12-13-30(2)32(36)4)35-25-27-44-46(29-35)51-45-28-26-43-47(48(45)52-44)39-16-8-11-20-42(39)49(43)40-18-9-6-14-37(40)38-15-7-10-19-41(38)49/h5-29H,1-4H3/b31-5+. The molecule has 3 nitrogen and oxygen atoms in total. The summed E-state index contributed by atoms with van der Waals surface area (Å²) in [7, 11) is 0. The number of aryl methyl sites for hydroxylation is 1. The Balaban J connectivity index is 1.06. The molecule has 0 atom stereocenters. The Morgan fingerprint density at radius 3 is 1.83 bits per heavy atom. The maximum Gasteiger partial charge on any atom is 0.178 e. The Kier molecular flexibility index (Phi) is 6.65. The van der Waals surface area contributed by atoms with Crippen LogP contribution in [0.5, 0.6) is 23.0 Å². The van der Waals surface area contributed by atoms with Crippen molar-refractivity contribution in [2.75, 3.05) is 4.90 Å². The fraction of sp³-hybridized carbons (Fsp3) is 0.102. The molecule has 52 heavy (non-hydrogen) atoms. The first kappa shape index (κ1) is 30.5. The lowest BCUT2D eigenvalue weighted by Crippen LogP contribution is -2.25. The molecule has 2 aliphatic carbocycles. The van der Waals surface area contributed by atoms with Gasteiger partial charge in [0.2, 0.25) is 0 Å². The van der Waals surface area contributed by atoms with Gasteiger partial charge in [0.1, 0.15) is 0 Å². The van der Waals surface area contributed by atoms with Crippen molar-refractivity contribution in [3.8, 4) is 56.4 Å². The number of hydrogen-bond donors (Lipinski definition) is 0. The first-order valence-electron chi connectivity index (χ1n) is 18.0. The van der Waals surface area contributed by atoms with Gasteiger partial charge in [-0.2, -0.15) is 0 Å². The summed E-state index contributed by atoms with van der Waals surface area (Å²) in [5.74, 6) is 2.90. The van der Waals surface area contributed by atoms with Crippen LogP contribution in [0, 0.1) is 13.8 Å². The molecule has 1 heterocycles. The molecule has 0 fully saturated rings. The zero-order valence-corrected chi connectivity index (χ0v) is 29.7. The van der Waals surface area contributed by atoms with Crippen LogP contribution in [0.3, 0.4) is 0 Å². The van der Waals surface area contributed by atoms with Gasteiger partial charge in [-0.1, -0.05) is 115 Å². The second-order valence-corrected chi connectivity index (χ2v) is 14.1. The van der Waals surface area contributed by atoms with E-state index in [9.17, 15) is 0 Å². The monoisotopic (exact) mass is 671 g/mol. The molecule has 7 aromatic rings. The van der Waals surface area contributed by atoms with Crippen LogP contribution >= 0.6 is 0 Å². The lowest BCUT2D eigenvalue weighted by atomic mass is 9.70. The summed E-state index contributed by atoms with van der Waals surface area (Å²) < 4.78 is 13.7. The molecule has 7 aromatic carbocycles. The number of anilines is 2. The van der Waals surface area contributed by atoms with Crippen LogP contribution in [0.15, 0.2) is 157 Å². The van der Waals surface area contributed by atoms with E-state index in [2.05, 4.69) is 178 Å². The van der Waals surface area contributed by atoms with Crippen LogP contribution in [-0.2, 0) is 5.41 Å². The molecular formula is C49H37NO2. The average Bonchev–Trinajstić information content (AvgIpc) is 3.66. The SMILES string of the molecule is C/C=C(\C)N(c1ccc(-c2cccc(C)c2C)cc1)c1ccc2c(c1)Oc1ccc3c(c1O2)-c1ccccc1C31c2ccccc2-c2ccccc21. The molecule has 10 rings (SSSR count). The Bertz CT molecular complexity index is 2580. The van der Waals surface area contributed by atoms with Crippen molar-refractivity contribution in [1.29, 1.82) is 0 Å². The highest BCUT2D eigenvalue weighted by Gasteiger charge is 2.53. The van der Waals surface area contributed by atoms with Gasteiger partial charge >= 0.3 is 0 Å². The van der Waals surface area contributed by atoms with E-state index in [1.165, 1.54) is 61.2 Å². The van der Waals surface area contributed by atoms with Gasteiger partial charge in [0.05, 0.1) is 5.41 Å². The molecule has 3 heteroatoms. The van der Waals surface area contributed by atoms with Crippen molar-refractivity contribution in [2.45, 2.75) is 33.1 Å². The maximum atomic E-state index is 6.91. The second kappa shape index (κ2) is 11.3. The fourth-order valence-corrected chi connectivity index (χ4v) is 8.88. The minimum absolute atomic E-state index is 0.431. The van der Waals surface area contributed by atoms with E-state index in [0.717, 1.165) is 34.1 Å². The summed E-state index contributed by atoms with van der Waals surface area (Å²) in [5.41, 5.74) is 17.8. The Labute approximate surface area is 305 Å². The molecule has 0 radical (unpaired) electrons. The summed E-state index contributed by atoms with van der Waals surface area (Å²) in [4.78, 5) is 2.27. The Hall–Kier alpha value is -6.32. The zero-order valence-electron chi connectivity index (χ0n) is 29.7. The van der Waals surface area contributed by atoms with Gasteiger partial charge < -0.3 is 14.4 Å². The molecule has 0 N–H and O–H groups in total. The quantitative estimate of drug-likeness (QED) is 0.186. The number of ether oxygens (including phenoxy) is 2. The Morgan fingerprint density at radius 2 is 1.13 bits per heavy atom. The van der Waals surface area contributed by atoms with Crippen LogP contribution in [0.1, 0.15) is 47.2 Å². The molecule has 0 amide bonds. The summed E-state index contributed by atoms with van der Waals surface area (Å²) in [6, 6.07) is 52.5. The minimum Gasteiger partial charge on any atom is -0.449 e. The summed E-state index contributed by atoms with van der Waals surface area (Å²) in [5, 5.41) is 0. The van der Waals surface area contributed by atoms with E-state index >= 15 is 0 Å². The van der Waals surface area contributed by atoms with Crippen LogP contribution < -0.4 is 14.4 Å². The smallest absolute Gasteiger partial charge is 0.178 e. The third kappa shape index (κ3) is 4.14. The van der Waals surface area contributed by atoms with Gasteiger partial charge in [0, 0.05) is 28.7 Å². The summed E-state index contributed by atoms with van der Waals surface area (Å²) in [6.07, 6.45) is 2.14. The van der Waals surface area contributed by atoms with Gasteiger partial charge in [0.25, 0.3) is 0 Å². The fourth-order valence-electron chi connectivity index (χ4n) is 8.88. The molecular weight excluding hydrogens is 635 g/mol. The lowest BCUT2D eigenvalue weighted by molar-refractivity contribution is 0.360. The van der Waals surface area contributed by atoms with Crippen molar-refractivity contribution in [3.63, 3.8) is 0 Å². The topological polar surface area (TPSA) is 21.7 Å². The molecule has 1 spiro atoms. The predicted octanol–water partition coefficient (Wildman–Crippen LogP) is 13.3. The van der Waals surface area contributed by atoms with E-state index in [-0.39, 0.29) is 0 Å². The second-order valence-electron chi connectivity index (χ2n) is 14.1. The molecule has 3 aliphatic rings. The van der Waals surface area contributed by atoms with Gasteiger partial charge in [-0.25, -0.2) is 0 Å². The maximum absolute atomic E-state index is 6.91. The number of rotatable bonds is 4. The van der Waals surface area contributed by atoms with Crippen LogP contribution in [0.4, 0.5) is 11.4 Å². The molecule has 0 saturated heterocycles. The number of hydrogen-bond acceptors (Lipinski definition) is 3. The normalized spacial score (nSPS) is 14.0. The summed E-state index contributed by atoms with van der Waals surface area (Å²) in [6.45, 7) is 8.58. The number of nitrogens with zero attached hydrogens (tertiary/aromatic N) is 1. The number of allylic oxidation sites excluding steroid dienone is 2. The highest BCUT2D eigenvalue weighted by Crippen LogP contribution is 2.66. The van der Waals surface area contributed by atoms with E-state index in [4.69, 9.17) is 9.47 Å². The van der Waals surface area contributed by atoms with E-state index in [1.54, 1.807) is 0 Å². The van der Waals surface area contributed by atoms with Crippen LogP contribution in [-0.4, -0.2) is 0 Å². The lowest BCUT2D eigenvalue weighted by Gasteiger charge is -2.31. The van der Waals surface area contributed by atoms with Gasteiger partial charge in [-0.3, -0.25) is 0 Å². The van der Waals surface area contributed by atoms with Crippen molar-refractivity contribution in [1.82, 2.24) is 0 Å². The first-order chi connectivity index (χ1) is 25.5. The van der Waals surface area contributed by atoms with E-state index in [1.807, 2.05) is 6.07 Å². The van der Waals surface area contributed by atoms with E-state index < -0.39 is 5.41 Å². The number of benzene rings is 7. The van der Waals surface area contributed by atoms with Crippen molar-refractivity contribution in [2.24, 2.45) is 0 Å². The number of fused-ring (bicyclic) bond motifs is 13. The van der Waals surface area contributed by atoms with Crippen molar-refractivity contribution in [3.05, 3.63) is 191 Å². The molecule has 0 aromatic heterocycles. The third-order valence-corrected chi connectivity index (χ3v) is 11.5. The van der Waals surface area contributed by atoms with Crippen LogP contribution in [0.25, 0.3) is 33.4 Å². The van der Waals surface area contributed by atoms with Gasteiger partial charge in [-0.15, -0.1) is 0 Å². The van der Waals surface area contributed by atoms with E-state index in [0.29, 0.717) is 11.5 Å². The highest BCUT2D eigenvalue weighted by atomic mass is 16.6. The Morgan fingerprint density at radius 1 is 0.538 bits per heavy atom. The minimum atomic E-state index is -0.431. The zero-order chi connectivity index (χ0) is 35.1. The average molecular weight is 672 g/mol.